The minimum atomic E-state index is 0. The van der Waals surface area contributed by atoms with Crippen molar-refractivity contribution in [3.8, 4) is 0 Å². The number of guanidine groups is 1. The Balaban J connectivity index is 0.00000261. The third-order valence-corrected chi connectivity index (χ3v) is 5.01. The van der Waals surface area contributed by atoms with Crippen LogP contribution in [-0.2, 0) is 16.1 Å². The molecular weight excluding hydrogens is 479 g/mol. The van der Waals surface area contributed by atoms with Gasteiger partial charge >= 0.3 is 0 Å². The molecule has 2 heterocycles. The summed E-state index contributed by atoms with van der Waals surface area (Å²) in [5.74, 6) is 1.45. The molecule has 1 amide bonds. The summed E-state index contributed by atoms with van der Waals surface area (Å²) in [7, 11) is 0. The van der Waals surface area contributed by atoms with E-state index in [0.29, 0.717) is 30.6 Å². The van der Waals surface area contributed by atoms with E-state index in [1.54, 1.807) is 0 Å². The zero-order valence-electron chi connectivity index (χ0n) is 15.7. The van der Waals surface area contributed by atoms with E-state index in [2.05, 4.69) is 10.2 Å². The highest BCUT2D eigenvalue weighted by Crippen LogP contribution is 2.15. The maximum Gasteiger partial charge on any atom is 0.242 e. The van der Waals surface area contributed by atoms with E-state index in [1.165, 1.54) is 0 Å². The van der Waals surface area contributed by atoms with Crippen molar-refractivity contribution in [3.63, 3.8) is 0 Å². The molecule has 1 unspecified atom stereocenters. The number of hydrogen-bond acceptors (Lipinski definition) is 3. The summed E-state index contributed by atoms with van der Waals surface area (Å²) in [6.45, 7) is 7.67. The number of halogens is 2. The molecule has 0 bridgehead atoms. The van der Waals surface area contributed by atoms with Crippen molar-refractivity contribution in [2.75, 3.05) is 45.9 Å². The van der Waals surface area contributed by atoms with Crippen LogP contribution in [0.5, 0.6) is 0 Å². The maximum absolute atomic E-state index is 12.6. The summed E-state index contributed by atoms with van der Waals surface area (Å²) < 4.78 is 5.42. The van der Waals surface area contributed by atoms with Crippen LogP contribution in [0, 0.1) is 5.92 Å². The van der Waals surface area contributed by atoms with Gasteiger partial charge in [-0.25, -0.2) is 0 Å². The van der Waals surface area contributed by atoms with Gasteiger partial charge in [-0.1, -0.05) is 23.7 Å². The first kappa shape index (κ1) is 22.2. The average molecular weight is 507 g/mol. The van der Waals surface area contributed by atoms with Gasteiger partial charge in [0.25, 0.3) is 0 Å². The largest absolute Gasteiger partial charge is 0.381 e. The van der Waals surface area contributed by atoms with Crippen molar-refractivity contribution >= 4 is 47.4 Å². The van der Waals surface area contributed by atoms with E-state index >= 15 is 0 Å². The Morgan fingerprint density at radius 2 is 2.11 bits per heavy atom. The van der Waals surface area contributed by atoms with Crippen LogP contribution in [0.2, 0.25) is 5.02 Å². The zero-order valence-corrected chi connectivity index (χ0v) is 18.8. The van der Waals surface area contributed by atoms with Gasteiger partial charge in [-0.05, 0) is 31.0 Å². The molecule has 2 aliphatic rings. The first-order valence-corrected chi connectivity index (χ1v) is 9.66. The second-order valence-corrected chi connectivity index (χ2v) is 7.22. The molecule has 0 radical (unpaired) electrons. The number of hydrogen-bond donors (Lipinski definition) is 1. The summed E-state index contributed by atoms with van der Waals surface area (Å²) >= 11 is 5.93. The van der Waals surface area contributed by atoms with Gasteiger partial charge in [0.2, 0.25) is 5.91 Å². The molecule has 1 aromatic carbocycles. The van der Waals surface area contributed by atoms with Crippen molar-refractivity contribution in [1.82, 2.24) is 15.1 Å². The summed E-state index contributed by atoms with van der Waals surface area (Å²) in [4.78, 5) is 21.3. The molecule has 150 valence electrons. The molecular formula is C19H28ClIN4O2. The minimum Gasteiger partial charge on any atom is -0.381 e. The summed E-state index contributed by atoms with van der Waals surface area (Å²) in [5.41, 5.74) is 1.10. The molecule has 1 atom stereocenters. The lowest BCUT2D eigenvalue weighted by Gasteiger charge is -2.36. The van der Waals surface area contributed by atoms with Gasteiger partial charge in [0.15, 0.2) is 5.96 Å². The number of piperazine rings is 1. The minimum absolute atomic E-state index is 0. The predicted molar refractivity (Wildman–Crippen MR) is 119 cm³/mol. The van der Waals surface area contributed by atoms with Crippen LogP contribution >= 0.6 is 35.6 Å². The number of aliphatic imine (C=N–C) groups is 1. The zero-order chi connectivity index (χ0) is 18.4. The third-order valence-electron chi connectivity index (χ3n) is 4.76. The van der Waals surface area contributed by atoms with E-state index < -0.39 is 0 Å². The second-order valence-electron chi connectivity index (χ2n) is 6.79. The molecule has 3 rings (SSSR count). The van der Waals surface area contributed by atoms with Gasteiger partial charge < -0.3 is 19.9 Å². The lowest BCUT2D eigenvalue weighted by Crippen LogP contribution is -2.55. The Labute approximate surface area is 183 Å². The number of nitrogens with one attached hydrogen (secondary N) is 1. The van der Waals surface area contributed by atoms with Crippen molar-refractivity contribution in [2.45, 2.75) is 19.9 Å². The van der Waals surface area contributed by atoms with Crippen LogP contribution in [-0.4, -0.2) is 67.6 Å². The number of benzene rings is 1. The molecule has 2 aliphatic heterocycles. The maximum atomic E-state index is 12.6. The first-order chi connectivity index (χ1) is 12.7. The van der Waals surface area contributed by atoms with Crippen LogP contribution < -0.4 is 5.32 Å². The predicted octanol–water partition coefficient (Wildman–Crippen LogP) is 2.60. The lowest BCUT2D eigenvalue weighted by molar-refractivity contribution is -0.135. The second kappa shape index (κ2) is 11.1. The Kier molecular flexibility index (Phi) is 9.11. The number of amides is 1. The van der Waals surface area contributed by atoms with Crippen LogP contribution in [0.4, 0.5) is 0 Å². The number of rotatable bonds is 5. The summed E-state index contributed by atoms with van der Waals surface area (Å²) in [6.07, 6.45) is 1.07. The van der Waals surface area contributed by atoms with Crippen molar-refractivity contribution in [2.24, 2.45) is 10.9 Å². The van der Waals surface area contributed by atoms with E-state index in [1.807, 2.05) is 36.1 Å². The molecule has 1 aromatic rings. The number of carbonyl (C=O) groups is 1. The van der Waals surface area contributed by atoms with Crippen molar-refractivity contribution < 1.29 is 9.53 Å². The molecule has 6 nitrogen and oxygen atoms in total. The smallest absolute Gasteiger partial charge is 0.242 e. The topological polar surface area (TPSA) is 57.2 Å². The van der Waals surface area contributed by atoms with E-state index in [4.69, 9.17) is 21.3 Å². The SMILES string of the molecule is CCNC(=NCC1CCOC1)N1CCN(Cc2ccc(Cl)cc2)C(=O)C1.I. The number of ether oxygens (including phenoxy) is 1. The van der Waals surface area contributed by atoms with Gasteiger partial charge in [0, 0.05) is 50.3 Å². The summed E-state index contributed by atoms with van der Waals surface area (Å²) in [5, 5.41) is 4.03. The van der Waals surface area contributed by atoms with Crippen molar-refractivity contribution in [3.05, 3.63) is 34.9 Å². The molecule has 2 fully saturated rings. The highest BCUT2D eigenvalue weighted by molar-refractivity contribution is 14.0. The fourth-order valence-corrected chi connectivity index (χ4v) is 3.36. The standard InChI is InChI=1S/C19H27ClN4O2.HI/c1-2-21-19(22-11-16-7-10-26-14-16)24-9-8-23(18(25)13-24)12-15-3-5-17(20)6-4-15;/h3-6,16H,2,7-14H2,1H3,(H,21,22);1H. The molecule has 2 saturated heterocycles. The molecule has 0 aliphatic carbocycles. The van der Waals surface area contributed by atoms with Gasteiger partial charge in [0.05, 0.1) is 13.2 Å². The molecule has 0 aromatic heterocycles. The molecule has 8 heteroatoms. The fraction of sp³-hybridized carbons (Fsp3) is 0.579. The van der Waals surface area contributed by atoms with Gasteiger partial charge in [0.1, 0.15) is 0 Å². The number of nitrogens with zero attached hydrogens (tertiary/aromatic N) is 3. The Morgan fingerprint density at radius 1 is 1.33 bits per heavy atom. The third kappa shape index (κ3) is 6.50. The normalized spacial score (nSPS) is 20.6. The van der Waals surface area contributed by atoms with Crippen LogP contribution in [0.25, 0.3) is 0 Å². The van der Waals surface area contributed by atoms with Crippen molar-refractivity contribution in [1.29, 1.82) is 0 Å². The molecule has 0 spiro atoms. The quantitative estimate of drug-likeness (QED) is 0.379. The molecule has 1 N–H and O–H groups in total. The first-order valence-electron chi connectivity index (χ1n) is 9.29. The Morgan fingerprint density at radius 3 is 2.74 bits per heavy atom. The summed E-state index contributed by atoms with van der Waals surface area (Å²) in [6, 6.07) is 7.66. The van der Waals surface area contributed by atoms with Crippen LogP contribution in [0.15, 0.2) is 29.3 Å². The van der Waals surface area contributed by atoms with E-state index in [-0.39, 0.29) is 29.9 Å². The van der Waals surface area contributed by atoms with Gasteiger partial charge in [-0.3, -0.25) is 9.79 Å². The highest BCUT2D eigenvalue weighted by atomic mass is 127. The van der Waals surface area contributed by atoms with Gasteiger partial charge in [-0.2, -0.15) is 0 Å². The Bertz CT molecular complexity index is 635. The van der Waals surface area contributed by atoms with Crippen LogP contribution in [0.1, 0.15) is 18.9 Å². The Hall–Kier alpha value is -1.06. The number of carbonyl (C=O) groups excluding carboxylic acids is 1. The fourth-order valence-electron chi connectivity index (χ4n) is 3.24. The monoisotopic (exact) mass is 506 g/mol. The highest BCUT2D eigenvalue weighted by Gasteiger charge is 2.26. The molecule has 27 heavy (non-hydrogen) atoms. The lowest BCUT2D eigenvalue weighted by atomic mass is 10.1. The average Bonchev–Trinajstić information content (AvgIpc) is 3.16. The van der Waals surface area contributed by atoms with Crippen LogP contribution in [0.3, 0.4) is 0 Å². The molecule has 0 saturated carbocycles. The van der Waals surface area contributed by atoms with Gasteiger partial charge in [-0.15, -0.1) is 24.0 Å². The van der Waals surface area contributed by atoms with E-state index in [9.17, 15) is 4.79 Å². The van der Waals surface area contributed by atoms with E-state index in [0.717, 1.165) is 50.8 Å².